The molecule has 0 radical (unpaired) electrons. The Morgan fingerprint density at radius 1 is 1.30 bits per heavy atom. The molecule has 2 rings (SSSR count). The van der Waals surface area contributed by atoms with Crippen LogP contribution in [0.1, 0.15) is 24.7 Å². The smallest absolute Gasteiger partial charge is 0.257 e. The monoisotopic (exact) mass is 275 g/mol. The van der Waals surface area contributed by atoms with Gasteiger partial charge in [0.1, 0.15) is 0 Å². The van der Waals surface area contributed by atoms with Crippen molar-refractivity contribution in [2.24, 2.45) is 0 Å². The van der Waals surface area contributed by atoms with Gasteiger partial charge in [-0.05, 0) is 39.4 Å². The molecule has 1 aromatic carbocycles. The molecule has 0 saturated heterocycles. The number of aliphatic hydroxyl groups excluding tert-OH is 1. The second-order valence-electron chi connectivity index (χ2n) is 5.26. The molecule has 1 aromatic heterocycles. The molecular formula is C15H21N3O2. The van der Waals surface area contributed by atoms with Crippen LogP contribution in [0, 0.1) is 6.92 Å². The van der Waals surface area contributed by atoms with E-state index in [1.165, 1.54) is 5.56 Å². The summed E-state index contributed by atoms with van der Waals surface area (Å²) < 4.78 is 5.28. The lowest BCUT2D eigenvalue weighted by atomic mass is 10.1. The number of benzene rings is 1. The van der Waals surface area contributed by atoms with E-state index >= 15 is 0 Å². The molecule has 0 aliphatic carbocycles. The fourth-order valence-corrected chi connectivity index (χ4v) is 1.86. The average Bonchev–Trinajstić information content (AvgIpc) is 2.85. The van der Waals surface area contributed by atoms with Crippen LogP contribution in [-0.2, 0) is 6.54 Å². The number of hydrogen-bond donors (Lipinski definition) is 1. The van der Waals surface area contributed by atoms with Crippen LogP contribution in [0.5, 0.6) is 0 Å². The summed E-state index contributed by atoms with van der Waals surface area (Å²) in [5.74, 6) is 1.21. The summed E-state index contributed by atoms with van der Waals surface area (Å²) in [4.78, 5) is 6.46. The third-order valence-electron chi connectivity index (χ3n) is 3.11. The van der Waals surface area contributed by atoms with E-state index in [0.717, 1.165) is 18.5 Å². The minimum absolute atomic E-state index is 0.286. The highest BCUT2D eigenvalue weighted by atomic mass is 16.5. The lowest BCUT2D eigenvalue weighted by Gasteiger charge is -2.14. The number of aromatic nitrogens is 2. The zero-order valence-corrected chi connectivity index (χ0v) is 12.2. The van der Waals surface area contributed by atoms with Gasteiger partial charge in [0.15, 0.2) is 5.82 Å². The van der Waals surface area contributed by atoms with Crippen LogP contribution < -0.4 is 0 Å². The molecule has 0 fully saturated rings. The minimum atomic E-state index is -0.286. The number of aryl methyl sites for hydroxylation is 1. The Hall–Kier alpha value is -1.72. The lowest BCUT2D eigenvalue weighted by Crippen LogP contribution is -2.22. The predicted octanol–water partition coefficient (Wildman–Crippen LogP) is 2.25. The van der Waals surface area contributed by atoms with Crippen molar-refractivity contribution in [3.63, 3.8) is 0 Å². The molecule has 1 heterocycles. The fourth-order valence-electron chi connectivity index (χ4n) is 1.86. The van der Waals surface area contributed by atoms with E-state index < -0.39 is 0 Å². The third kappa shape index (κ3) is 4.15. The molecule has 0 saturated carbocycles. The highest BCUT2D eigenvalue weighted by Crippen LogP contribution is 2.17. The van der Waals surface area contributed by atoms with Crippen LogP contribution in [0.2, 0.25) is 0 Å². The van der Waals surface area contributed by atoms with Crippen molar-refractivity contribution in [2.75, 3.05) is 13.6 Å². The van der Waals surface area contributed by atoms with E-state index in [2.05, 4.69) is 15.0 Å². The van der Waals surface area contributed by atoms with Crippen molar-refractivity contribution >= 4 is 0 Å². The Morgan fingerprint density at radius 2 is 2.00 bits per heavy atom. The molecule has 1 unspecified atom stereocenters. The molecule has 0 bridgehead atoms. The zero-order valence-electron chi connectivity index (χ0n) is 12.2. The Balaban J connectivity index is 1.96. The van der Waals surface area contributed by atoms with Crippen LogP contribution >= 0.6 is 0 Å². The molecule has 2 aromatic rings. The van der Waals surface area contributed by atoms with Crippen LogP contribution in [0.25, 0.3) is 11.5 Å². The topological polar surface area (TPSA) is 62.4 Å². The van der Waals surface area contributed by atoms with E-state index in [9.17, 15) is 5.11 Å². The highest BCUT2D eigenvalue weighted by molar-refractivity contribution is 5.53. The lowest BCUT2D eigenvalue weighted by molar-refractivity contribution is 0.161. The quantitative estimate of drug-likeness (QED) is 0.876. The van der Waals surface area contributed by atoms with Gasteiger partial charge in [0.25, 0.3) is 5.89 Å². The maximum absolute atomic E-state index is 9.27. The minimum Gasteiger partial charge on any atom is -0.393 e. The van der Waals surface area contributed by atoms with Gasteiger partial charge >= 0.3 is 0 Å². The van der Waals surface area contributed by atoms with Crippen LogP contribution in [0.15, 0.2) is 28.8 Å². The number of aliphatic hydroxyl groups is 1. The molecule has 0 amide bonds. The third-order valence-corrected chi connectivity index (χ3v) is 3.11. The Bertz CT molecular complexity index is 534. The summed E-state index contributed by atoms with van der Waals surface area (Å²) in [6, 6.07) is 8.00. The molecule has 20 heavy (non-hydrogen) atoms. The van der Waals surface area contributed by atoms with Crippen molar-refractivity contribution in [3.05, 3.63) is 35.7 Å². The van der Waals surface area contributed by atoms with Crippen molar-refractivity contribution in [2.45, 2.75) is 32.9 Å². The van der Waals surface area contributed by atoms with E-state index in [1.807, 2.05) is 38.2 Å². The second-order valence-corrected chi connectivity index (χ2v) is 5.26. The molecule has 1 N–H and O–H groups in total. The van der Waals surface area contributed by atoms with Gasteiger partial charge in [0, 0.05) is 12.1 Å². The molecule has 0 aliphatic heterocycles. The van der Waals surface area contributed by atoms with Gasteiger partial charge in [-0.3, -0.25) is 4.90 Å². The number of nitrogens with zero attached hydrogens (tertiary/aromatic N) is 3. The number of rotatable bonds is 6. The summed E-state index contributed by atoms with van der Waals surface area (Å²) >= 11 is 0. The van der Waals surface area contributed by atoms with Gasteiger partial charge in [-0.25, -0.2) is 0 Å². The molecule has 0 spiro atoms. The molecule has 1 atom stereocenters. The predicted molar refractivity (Wildman–Crippen MR) is 77.1 cm³/mol. The van der Waals surface area contributed by atoms with Crippen LogP contribution in [-0.4, -0.2) is 39.8 Å². The Morgan fingerprint density at radius 3 is 2.65 bits per heavy atom. The number of hydrogen-bond acceptors (Lipinski definition) is 5. The zero-order chi connectivity index (χ0) is 14.5. The molecule has 5 heteroatoms. The summed E-state index contributed by atoms with van der Waals surface area (Å²) in [5.41, 5.74) is 2.13. The van der Waals surface area contributed by atoms with E-state index in [4.69, 9.17) is 4.52 Å². The summed E-state index contributed by atoms with van der Waals surface area (Å²) in [7, 11) is 1.98. The van der Waals surface area contributed by atoms with Crippen molar-refractivity contribution in [1.29, 1.82) is 0 Å². The largest absolute Gasteiger partial charge is 0.393 e. The van der Waals surface area contributed by atoms with Crippen molar-refractivity contribution < 1.29 is 9.63 Å². The van der Waals surface area contributed by atoms with Crippen LogP contribution in [0.3, 0.4) is 0 Å². The highest BCUT2D eigenvalue weighted by Gasteiger charge is 2.11. The molecule has 108 valence electrons. The van der Waals surface area contributed by atoms with Gasteiger partial charge in [-0.15, -0.1) is 0 Å². The Kier molecular flexibility index (Phi) is 4.87. The summed E-state index contributed by atoms with van der Waals surface area (Å²) in [6.45, 7) is 5.24. The van der Waals surface area contributed by atoms with Crippen LogP contribution in [0.4, 0.5) is 0 Å². The fraction of sp³-hybridized carbons (Fsp3) is 0.467. The van der Waals surface area contributed by atoms with Gasteiger partial charge < -0.3 is 9.63 Å². The molecule has 5 nitrogen and oxygen atoms in total. The maximum Gasteiger partial charge on any atom is 0.257 e. The first-order valence-corrected chi connectivity index (χ1v) is 6.81. The van der Waals surface area contributed by atoms with E-state index in [0.29, 0.717) is 18.3 Å². The second kappa shape index (κ2) is 6.63. The first-order chi connectivity index (χ1) is 9.54. The van der Waals surface area contributed by atoms with E-state index in [-0.39, 0.29) is 6.10 Å². The molecule has 0 aliphatic rings. The van der Waals surface area contributed by atoms with Crippen molar-refractivity contribution in [1.82, 2.24) is 15.0 Å². The first-order valence-electron chi connectivity index (χ1n) is 6.81. The summed E-state index contributed by atoms with van der Waals surface area (Å²) in [5, 5.41) is 13.3. The van der Waals surface area contributed by atoms with Gasteiger partial charge in [0.2, 0.25) is 0 Å². The SMILES string of the molecule is Cc1ccc(-c2nc(CN(C)CCC(C)O)no2)cc1. The van der Waals surface area contributed by atoms with E-state index in [1.54, 1.807) is 6.92 Å². The molecular weight excluding hydrogens is 254 g/mol. The Labute approximate surface area is 119 Å². The van der Waals surface area contributed by atoms with Crippen molar-refractivity contribution in [3.8, 4) is 11.5 Å². The van der Waals surface area contributed by atoms with Gasteiger partial charge in [-0.2, -0.15) is 4.98 Å². The maximum atomic E-state index is 9.27. The van der Waals surface area contributed by atoms with Gasteiger partial charge in [0.05, 0.1) is 12.6 Å². The average molecular weight is 275 g/mol. The normalized spacial score (nSPS) is 12.8. The first kappa shape index (κ1) is 14.7. The van der Waals surface area contributed by atoms with Gasteiger partial charge in [-0.1, -0.05) is 22.9 Å². The summed E-state index contributed by atoms with van der Waals surface area (Å²) in [6.07, 6.45) is 0.449. The standard InChI is InChI=1S/C15H21N3O2/c1-11-4-6-13(7-5-11)15-16-14(17-20-15)10-18(3)9-8-12(2)19/h4-7,12,19H,8-10H2,1-3H3.